The fraction of sp³-hybridized carbons (Fsp3) is 0.529. The van der Waals surface area contributed by atoms with Crippen LogP contribution in [0.1, 0.15) is 29.1 Å². The molecule has 0 aromatic carbocycles. The number of carbonyl (C=O) groups is 1. The first-order valence-corrected chi connectivity index (χ1v) is 8.59. The number of anilines is 1. The topological polar surface area (TPSA) is 75.4 Å². The molecule has 146 valence electrons. The number of halogens is 3. The zero-order valence-corrected chi connectivity index (χ0v) is 15.1. The van der Waals surface area contributed by atoms with Crippen LogP contribution in [0, 0.1) is 13.8 Å². The lowest BCUT2D eigenvalue weighted by Crippen LogP contribution is -2.49. The number of nitrogens with zero attached hydrogens (tertiary/aromatic N) is 5. The van der Waals surface area contributed by atoms with Gasteiger partial charge in [0, 0.05) is 44.2 Å². The molecular weight excluding hydrogens is 363 g/mol. The molecule has 3 rings (SSSR count). The summed E-state index contributed by atoms with van der Waals surface area (Å²) in [6, 6.07) is 0.939. The summed E-state index contributed by atoms with van der Waals surface area (Å²) in [6.45, 7) is 5.37. The van der Waals surface area contributed by atoms with Crippen LogP contribution >= 0.6 is 0 Å². The normalized spacial score (nSPS) is 15.3. The number of aryl methyl sites for hydroxylation is 2. The molecule has 0 radical (unpaired) electrons. The number of rotatable bonds is 4. The monoisotopic (exact) mass is 383 g/mol. The van der Waals surface area contributed by atoms with Crippen LogP contribution in [0.3, 0.4) is 0 Å². The Kier molecular flexibility index (Phi) is 5.33. The van der Waals surface area contributed by atoms with Crippen LogP contribution in [0.5, 0.6) is 0 Å². The fourth-order valence-electron chi connectivity index (χ4n) is 3.11. The SMILES string of the molecule is Cc1noc(C)c1CCC(=O)N1CCN(c2cc(C(F)(F)F)ncn2)CC1. The molecule has 1 aliphatic heterocycles. The Morgan fingerprint density at radius 1 is 1.19 bits per heavy atom. The Morgan fingerprint density at radius 3 is 2.48 bits per heavy atom. The summed E-state index contributed by atoms with van der Waals surface area (Å²) in [5.74, 6) is 0.947. The second-order valence-corrected chi connectivity index (χ2v) is 6.43. The van der Waals surface area contributed by atoms with Gasteiger partial charge in [0.25, 0.3) is 0 Å². The van der Waals surface area contributed by atoms with Gasteiger partial charge in [0.05, 0.1) is 5.69 Å². The van der Waals surface area contributed by atoms with Gasteiger partial charge in [0.15, 0.2) is 0 Å². The van der Waals surface area contributed by atoms with E-state index in [0.717, 1.165) is 23.7 Å². The lowest BCUT2D eigenvalue weighted by molar-refractivity contribution is -0.141. The second-order valence-electron chi connectivity index (χ2n) is 6.43. The molecule has 0 spiro atoms. The van der Waals surface area contributed by atoms with Gasteiger partial charge in [-0.3, -0.25) is 4.79 Å². The summed E-state index contributed by atoms with van der Waals surface area (Å²) < 4.78 is 43.5. The van der Waals surface area contributed by atoms with E-state index >= 15 is 0 Å². The molecule has 27 heavy (non-hydrogen) atoms. The van der Waals surface area contributed by atoms with Crippen LogP contribution in [0.4, 0.5) is 19.0 Å². The fourth-order valence-corrected chi connectivity index (χ4v) is 3.11. The molecule has 10 heteroatoms. The maximum Gasteiger partial charge on any atom is 0.433 e. The molecular formula is C17H20F3N5O2. The van der Waals surface area contributed by atoms with Crippen LogP contribution in [0.2, 0.25) is 0 Å². The van der Waals surface area contributed by atoms with Crippen molar-refractivity contribution in [3.63, 3.8) is 0 Å². The van der Waals surface area contributed by atoms with Gasteiger partial charge in [-0.15, -0.1) is 0 Å². The molecule has 0 bridgehead atoms. The zero-order valence-electron chi connectivity index (χ0n) is 15.1. The van der Waals surface area contributed by atoms with Crippen molar-refractivity contribution < 1.29 is 22.5 Å². The Bertz CT molecular complexity index is 794. The van der Waals surface area contributed by atoms with E-state index in [1.165, 1.54) is 0 Å². The number of hydrogen-bond donors (Lipinski definition) is 0. The molecule has 0 saturated carbocycles. The first-order chi connectivity index (χ1) is 12.8. The lowest BCUT2D eigenvalue weighted by atomic mass is 10.1. The summed E-state index contributed by atoms with van der Waals surface area (Å²) in [4.78, 5) is 23.1. The van der Waals surface area contributed by atoms with E-state index in [4.69, 9.17) is 4.52 Å². The number of hydrogen-bond acceptors (Lipinski definition) is 6. The standard InChI is InChI=1S/C17H20F3N5O2/c1-11-13(12(2)27-23-11)3-4-16(26)25-7-5-24(6-8-25)15-9-14(17(18,19)20)21-10-22-15/h9-10H,3-8H2,1-2H3. The molecule has 1 amide bonds. The van der Waals surface area contributed by atoms with Gasteiger partial charge in [-0.25, -0.2) is 9.97 Å². The van der Waals surface area contributed by atoms with E-state index in [1.54, 1.807) is 9.80 Å². The van der Waals surface area contributed by atoms with Gasteiger partial charge in [-0.1, -0.05) is 5.16 Å². The molecule has 0 unspecified atom stereocenters. The van der Waals surface area contributed by atoms with Crippen molar-refractivity contribution in [2.45, 2.75) is 32.9 Å². The van der Waals surface area contributed by atoms with Crippen molar-refractivity contribution in [3.05, 3.63) is 35.1 Å². The molecule has 0 atom stereocenters. The minimum atomic E-state index is -4.51. The molecule has 2 aromatic rings. The number of alkyl halides is 3. The summed E-state index contributed by atoms with van der Waals surface area (Å²) in [7, 11) is 0. The predicted molar refractivity (Wildman–Crippen MR) is 90.1 cm³/mol. The molecule has 1 fully saturated rings. The predicted octanol–water partition coefficient (Wildman–Crippen LogP) is 2.38. The molecule has 1 aliphatic rings. The maximum atomic E-state index is 12.8. The number of piperazine rings is 1. The Balaban J connectivity index is 1.55. The minimum absolute atomic E-state index is 0.00770. The minimum Gasteiger partial charge on any atom is -0.361 e. The molecule has 0 N–H and O–H groups in total. The Labute approximate surface area is 154 Å². The van der Waals surface area contributed by atoms with E-state index < -0.39 is 11.9 Å². The highest BCUT2D eigenvalue weighted by atomic mass is 19.4. The van der Waals surface area contributed by atoms with Crippen LogP contribution in [-0.4, -0.2) is 52.1 Å². The third-order valence-corrected chi connectivity index (χ3v) is 4.67. The second kappa shape index (κ2) is 7.53. The number of aromatic nitrogens is 3. The van der Waals surface area contributed by atoms with Crippen molar-refractivity contribution in [2.75, 3.05) is 31.1 Å². The maximum absolute atomic E-state index is 12.8. The van der Waals surface area contributed by atoms with E-state index in [0.29, 0.717) is 44.8 Å². The first-order valence-electron chi connectivity index (χ1n) is 8.59. The van der Waals surface area contributed by atoms with Crippen LogP contribution in [-0.2, 0) is 17.4 Å². The van der Waals surface area contributed by atoms with E-state index in [1.807, 2.05) is 13.8 Å². The van der Waals surface area contributed by atoms with Crippen LogP contribution in [0.25, 0.3) is 0 Å². The third-order valence-electron chi connectivity index (χ3n) is 4.67. The average molecular weight is 383 g/mol. The summed E-state index contributed by atoms with van der Waals surface area (Å²) in [6.07, 6.45) is -2.69. The van der Waals surface area contributed by atoms with E-state index in [-0.39, 0.29) is 11.7 Å². The lowest BCUT2D eigenvalue weighted by Gasteiger charge is -2.35. The number of amides is 1. The summed E-state index contributed by atoms with van der Waals surface area (Å²) in [5, 5.41) is 3.88. The molecule has 2 aromatic heterocycles. The van der Waals surface area contributed by atoms with Crippen molar-refractivity contribution in [2.24, 2.45) is 0 Å². The highest BCUT2D eigenvalue weighted by Crippen LogP contribution is 2.29. The third kappa shape index (κ3) is 4.37. The quantitative estimate of drug-likeness (QED) is 0.807. The van der Waals surface area contributed by atoms with Crippen LogP contribution < -0.4 is 4.90 Å². The van der Waals surface area contributed by atoms with E-state index in [2.05, 4.69) is 15.1 Å². The number of carbonyl (C=O) groups excluding carboxylic acids is 1. The highest BCUT2D eigenvalue weighted by molar-refractivity contribution is 5.76. The van der Waals surface area contributed by atoms with Gasteiger partial charge in [-0.2, -0.15) is 13.2 Å². The van der Waals surface area contributed by atoms with Crippen molar-refractivity contribution >= 4 is 11.7 Å². The van der Waals surface area contributed by atoms with Gasteiger partial charge in [0.1, 0.15) is 23.6 Å². The van der Waals surface area contributed by atoms with Gasteiger partial charge in [-0.05, 0) is 20.3 Å². The van der Waals surface area contributed by atoms with Crippen molar-refractivity contribution in [1.82, 2.24) is 20.0 Å². The van der Waals surface area contributed by atoms with Gasteiger partial charge >= 0.3 is 6.18 Å². The largest absolute Gasteiger partial charge is 0.433 e. The van der Waals surface area contributed by atoms with E-state index in [9.17, 15) is 18.0 Å². The zero-order chi connectivity index (χ0) is 19.6. The highest BCUT2D eigenvalue weighted by Gasteiger charge is 2.33. The molecule has 3 heterocycles. The van der Waals surface area contributed by atoms with Gasteiger partial charge in [0.2, 0.25) is 5.91 Å². The Hall–Kier alpha value is -2.65. The van der Waals surface area contributed by atoms with Crippen molar-refractivity contribution in [1.29, 1.82) is 0 Å². The van der Waals surface area contributed by atoms with Crippen molar-refractivity contribution in [3.8, 4) is 0 Å². The first kappa shape index (κ1) is 19.1. The Morgan fingerprint density at radius 2 is 1.89 bits per heavy atom. The summed E-state index contributed by atoms with van der Waals surface area (Å²) in [5.41, 5.74) is 0.766. The summed E-state index contributed by atoms with van der Waals surface area (Å²) >= 11 is 0. The smallest absolute Gasteiger partial charge is 0.361 e. The van der Waals surface area contributed by atoms with Crippen LogP contribution in [0.15, 0.2) is 16.9 Å². The molecule has 1 saturated heterocycles. The van der Waals surface area contributed by atoms with Gasteiger partial charge < -0.3 is 14.3 Å². The molecule has 7 nitrogen and oxygen atoms in total. The average Bonchev–Trinajstić information content (AvgIpc) is 2.97. The molecule has 0 aliphatic carbocycles.